The van der Waals surface area contributed by atoms with Gasteiger partial charge in [0, 0.05) is 12.7 Å². The molecular weight excluding hydrogens is 208 g/mol. The molecule has 86 valence electrons. The van der Waals surface area contributed by atoms with E-state index in [2.05, 4.69) is 0 Å². The molecule has 16 heavy (non-hydrogen) atoms. The number of phenols is 1. The van der Waals surface area contributed by atoms with E-state index >= 15 is 0 Å². The smallest absolute Gasteiger partial charge is 0.314 e. The number of hydrogen-bond donors (Lipinski definition) is 2. The summed E-state index contributed by atoms with van der Waals surface area (Å²) >= 11 is 0. The van der Waals surface area contributed by atoms with Crippen LogP contribution in [-0.2, 0) is 21.6 Å². The maximum Gasteiger partial charge on any atom is 0.314 e. The van der Waals surface area contributed by atoms with Gasteiger partial charge < -0.3 is 14.9 Å². The van der Waals surface area contributed by atoms with Crippen molar-refractivity contribution in [3.8, 4) is 5.75 Å². The molecule has 1 aliphatic carbocycles. The number of methoxy groups -OCH3 is 1. The second kappa shape index (κ2) is 3.79. The Labute approximate surface area is 93.5 Å². The highest BCUT2D eigenvalue weighted by atomic mass is 16.5. The summed E-state index contributed by atoms with van der Waals surface area (Å²) in [6, 6.07) is 5.02. The van der Waals surface area contributed by atoms with E-state index in [4.69, 9.17) is 9.84 Å². The SMILES string of the molecule is COCc1ccc(C2(C(=O)O)CC2)cc1O. The number of carboxylic acids is 1. The Morgan fingerprint density at radius 2 is 2.19 bits per heavy atom. The van der Waals surface area contributed by atoms with Crippen molar-refractivity contribution >= 4 is 5.97 Å². The van der Waals surface area contributed by atoms with E-state index in [1.165, 1.54) is 6.07 Å². The summed E-state index contributed by atoms with van der Waals surface area (Å²) in [4.78, 5) is 11.1. The van der Waals surface area contributed by atoms with Crippen molar-refractivity contribution in [1.82, 2.24) is 0 Å². The van der Waals surface area contributed by atoms with Crippen LogP contribution >= 0.6 is 0 Å². The molecule has 0 radical (unpaired) electrons. The number of phenolic OH excluding ortho intramolecular Hbond substituents is 1. The fourth-order valence-corrected chi connectivity index (χ4v) is 1.89. The Balaban J connectivity index is 2.31. The summed E-state index contributed by atoms with van der Waals surface area (Å²) in [6.07, 6.45) is 1.29. The highest BCUT2D eigenvalue weighted by molar-refractivity contribution is 5.85. The van der Waals surface area contributed by atoms with Crippen LogP contribution in [-0.4, -0.2) is 23.3 Å². The minimum Gasteiger partial charge on any atom is -0.508 e. The normalized spacial score (nSPS) is 17.1. The van der Waals surface area contributed by atoms with E-state index in [0.717, 1.165) is 0 Å². The molecule has 0 bridgehead atoms. The fourth-order valence-electron chi connectivity index (χ4n) is 1.89. The first-order valence-electron chi connectivity index (χ1n) is 5.15. The van der Waals surface area contributed by atoms with Crippen molar-refractivity contribution in [2.75, 3.05) is 7.11 Å². The van der Waals surface area contributed by atoms with Crippen LogP contribution in [0.2, 0.25) is 0 Å². The number of carboxylic acid groups (broad SMARTS) is 1. The highest BCUT2D eigenvalue weighted by Crippen LogP contribution is 2.49. The summed E-state index contributed by atoms with van der Waals surface area (Å²) in [7, 11) is 1.55. The van der Waals surface area contributed by atoms with Crippen molar-refractivity contribution in [2.45, 2.75) is 24.9 Å². The van der Waals surface area contributed by atoms with E-state index in [1.807, 2.05) is 0 Å². The molecule has 1 aromatic carbocycles. The summed E-state index contributed by atoms with van der Waals surface area (Å²) in [5.74, 6) is -0.710. The van der Waals surface area contributed by atoms with Gasteiger partial charge in [-0.2, -0.15) is 0 Å². The van der Waals surface area contributed by atoms with E-state index in [-0.39, 0.29) is 5.75 Å². The van der Waals surface area contributed by atoms with Crippen molar-refractivity contribution in [1.29, 1.82) is 0 Å². The third kappa shape index (κ3) is 1.65. The van der Waals surface area contributed by atoms with Gasteiger partial charge in [-0.15, -0.1) is 0 Å². The second-order valence-electron chi connectivity index (χ2n) is 4.16. The molecule has 4 heteroatoms. The number of hydrogen-bond acceptors (Lipinski definition) is 3. The molecule has 0 unspecified atom stereocenters. The molecule has 1 aromatic rings. The standard InChI is InChI=1S/C12H14O4/c1-16-7-8-2-3-9(6-10(8)13)12(4-5-12)11(14)15/h2-3,6,13H,4-5,7H2,1H3,(H,14,15). The minimum atomic E-state index is -0.814. The van der Waals surface area contributed by atoms with E-state index in [9.17, 15) is 9.90 Å². The zero-order valence-electron chi connectivity index (χ0n) is 9.06. The van der Waals surface area contributed by atoms with Gasteiger partial charge in [0.15, 0.2) is 0 Å². The lowest BCUT2D eigenvalue weighted by Crippen LogP contribution is -2.19. The summed E-state index contributed by atoms with van der Waals surface area (Å²) in [5.41, 5.74) is 0.591. The quantitative estimate of drug-likeness (QED) is 0.813. The Morgan fingerprint density at radius 3 is 2.62 bits per heavy atom. The molecule has 0 aliphatic heterocycles. The van der Waals surface area contributed by atoms with Gasteiger partial charge in [0.1, 0.15) is 5.75 Å². The van der Waals surface area contributed by atoms with Crippen LogP contribution in [0.4, 0.5) is 0 Å². The van der Waals surface area contributed by atoms with Gasteiger partial charge >= 0.3 is 5.97 Å². The fraction of sp³-hybridized carbons (Fsp3) is 0.417. The zero-order chi connectivity index (χ0) is 11.8. The van der Waals surface area contributed by atoms with Crippen molar-refractivity contribution in [3.05, 3.63) is 29.3 Å². The topological polar surface area (TPSA) is 66.8 Å². The van der Waals surface area contributed by atoms with Crippen molar-refractivity contribution in [2.24, 2.45) is 0 Å². The Hall–Kier alpha value is -1.55. The average molecular weight is 222 g/mol. The maximum atomic E-state index is 11.1. The van der Waals surface area contributed by atoms with Crippen LogP contribution in [0.3, 0.4) is 0 Å². The zero-order valence-corrected chi connectivity index (χ0v) is 9.06. The molecule has 1 fully saturated rings. The lowest BCUT2D eigenvalue weighted by molar-refractivity contribution is -0.140. The number of carbonyl (C=O) groups is 1. The Bertz CT molecular complexity index is 421. The Morgan fingerprint density at radius 1 is 1.50 bits per heavy atom. The average Bonchev–Trinajstić information content (AvgIpc) is 3.02. The van der Waals surface area contributed by atoms with Gasteiger partial charge in [-0.25, -0.2) is 0 Å². The third-order valence-corrected chi connectivity index (χ3v) is 3.10. The molecule has 2 N–H and O–H groups in total. The number of ether oxygens (including phenoxy) is 1. The molecule has 0 saturated heterocycles. The van der Waals surface area contributed by atoms with Crippen LogP contribution in [0.5, 0.6) is 5.75 Å². The number of aliphatic carboxylic acids is 1. The summed E-state index contributed by atoms with van der Waals surface area (Å²) in [5, 5.41) is 18.8. The monoisotopic (exact) mass is 222 g/mol. The van der Waals surface area contributed by atoms with Crippen molar-refractivity contribution < 1.29 is 19.7 Å². The third-order valence-electron chi connectivity index (χ3n) is 3.10. The largest absolute Gasteiger partial charge is 0.508 e. The summed E-state index contributed by atoms with van der Waals surface area (Å²) in [6.45, 7) is 0.326. The molecule has 0 spiro atoms. The summed E-state index contributed by atoms with van der Waals surface area (Å²) < 4.78 is 4.92. The van der Waals surface area contributed by atoms with Gasteiger partial charge in [0.25, 0.3) is 0 Å². The maximum absolute atomic E-state index is 11.1. The molecular formula is C12H14O4. The van der Waals surface area contributed by atoms with Gasteiger partial charge in [-0.05, 0) is 24.5 Å². The highest BCUT2D eigenvalue weighted by Gasteiger charge is 2.51. The number of aromatic hydroxyl groups is 1. The first-order valence-corrected chi connectivity index (χ1v) is 5.15. The number of benzene rings is 1. The first kappa shape index (κ1) is 11.0. The van der Waals surface area contributed by atoms with Gasteiger partial charge in [0.2, 0.25) is 0 Å². The van der Waals surface area contributed by atoms with E-state index in [1.54, 1.807) is 19.2 Å². The molecule has 0 heterocycles. The Kier molecular flexibility index (Phi) is 2.59. The van der Waals surface area contributed by atoms with Crippen molar-refractivity contribution in [3.63, 3.8) is 0 Å². The van der Waals surface area contributed by atoms with Gasteiger partial charge in [-0.1, -0.05) is 12.1 Å². The number of rotatable bonds is 4. The first-order chi connectivity index (χ1) is 7.60. The van der Waals surface area contributed by atoms with Crippen LogP contribution in [0.15, 0.2) is 18.2 Å². The van der Waals surface area contributed by atoms with E-state index in [0.29, 0.717) is 30.6 Å². The molecule has 0 atom stereocenters. The van der Waals surface area contributed by atoms with Crippen LogP contribution < -0.4 is 0 Å². The molecule has 4 nitrogen and oxygen atoms in total. The second-order valence-corrected chi connectivity index (χ2v) is 4.16. The van der Waals surface area contributed by atoms with Gasteiger partial charge in [-0.3, -0.25) is 4.79 Å². The minimum absolute atomic E-state index is 0.104. The molecule has 1 aliphatic rings. The predicted octanol–water partition coefficient (Wildman–Crippen LogP) is 1.65. The predicted molar refractivity (Wildman–Crippen MR) is 57.4 cm³/mol. The molecule has 0 aromatic heterocycles. The van der Waals surface area contributed by atoms with Crippen LogP contribution in [0.25, 0.3) is 0 Å². The molecule has 0 amide bonds. The molecule has 2 rings (SSSR count). The molecule has 1 saturated carbocycles. The lowest BCUT2D eigenvalue weighted by Gasteiger charge is -2.12. The van der Waals surface area contributed by atoms with Gasteiger partial charge in [0.05, 0.1) is 12.0 Å². The van der Waals surface area contributed by atoms with E-state index < -0.39 is 11.4 Å². The lowest BCUT2D eigenvalue weighted by atomic mass is 9.95. The van der Waals surface area contributed by atoms with Crippen LogP contribution in [0, 0.1) is 0 Å². The van der Waals surface area contributed by atoms with Crippen LogP contribution in [0.1, 0.15) is 24.0 Å².